The largest absolute Gasteiger partial charge is 0.369 e. The van der Waals surface area contributed by atoms with Crippen molar-refractivity contribution in [2.75, 3.05) is 0 Å². The molecule has 2 rings (SSSR count). The summed E-state index contributed by atoms with van der Waals surface area (Å²) in [5, 5.41) is 7.29. The van der Waals surface area contributed by atoms with E-state index in [1.165, 1.54) is 11.5 Å². The number of aromatic nitrogens is 1. The average molecular weight is 259 g/mol. The molecule has 0 atom stereocenters. The normalized spacial score (nSPS) is 10.7. The number of hydrogen-bond donors (Lipinski definition) is 2. The van der Waals surface area contributed by atoms with Crippen molar-refractivity contribution in [3.05, 3.63) is 41.6 Å². The smallest absolute Gasteiger partial charge is 0.211 e. The molecule has 5 nitrogen and oxygen atoms in total. The number of hydrogen-bond acceptors (Lipinski definition) is 4. The zero-order valence-electron chi connectivity index (χ0n) is 9.87. The van der Waals surface area contributed by atoms with Crippen LogP contribution in [-0.2, 0) is 0 Å². The lowest BCUT2D eigenvalue weighted by atomic mass is 10.1. The first-order chi connectivity index (χ1) is 8.65. The number of rotatable bonds is 3. The number of guanidine groups is 1. The van der Waals surface area contributed by atoms with Gasteiger partial charge in [-0.15, -0.1) is 5.10 Å². The lowest BCUT2D eigenvalue weighted by Crippen LogP contribution is -2.21. The van der Waals surface area contributed by atoms with Gasteiger partial charge in [-0.1, -0.05) is 24.3 Å². The topological polar surface area (TPSA) is 89.6 Å². The molecule has 0 aliphatic carbocycles. The monoisotopic (exact) mass is 259 g/mol. The van der Waals surface area contributed by atoms with Gasteiger partial charge in [-0.05, 0) is 35.6 Å². The van der Waals surface area contributed by atoms with E-state index in [1.54, 1.807) is 6.21 Å². The molecule has 1 aromatic carbocycles. The molecule has 0 unspecified atom stereocenters. The van der Waals surface area contributed by atoms with Gasteiger partial charge in [0.2, 0.25) is 5.96 Å². The summed E-state index contributed by atoms with van der Waals surface area (Å²) in [6.45, 7) is 1.98. The maximum atomic E-state index is 5.17. The Labute approximate surface area is 109 Å². The van der Waals surface area contributed by atoms with E-state index in [0.717, 1.165) is 21.7 Å². The van der Waals surface area contributed by atoms with E-state index in [-0.39, 0.29) is 5.96 Å². The van der Waals surface area contributed by atoms with Crippen LogP contribution in [0.2, 0.25) is 0 Å². The van der Waals surface area contributed by atoms with Crippen LogP contribution in [0.15, 0.2) is 40.5 Å². The van der Waals surface area contributed by atoms with Crippen molar-refractivity contribution in [2.24, 2.45) is 21.7 Å². The molecule has 0 radical (unpaired) electrons. The SMILES string of the molecule is Cc1cc(-c2ccc(C=NN=C(N)N)cc2)sn1. The van der Waals surface area contributed by atoms with Crippen LogP contribution < -0.4 is 11.5 Å². The van der Waals surface area contributed by atoms with Crippen molar-refractivity contribution in [3.8, 4) is 10.4 Å². The van der Waals surface area contributed by atoms with Crippen molar-refractivity contribution in [1.82, 2.24) is 4.37 Å². The van der Waals surface area contributed by atoms with E-state index >= 15 is 0 Å². The first-order valence-electron chi connectivity index (χ1n) is 5.31. The van der Waals surface area contributed by atoms with Gasteiger partial charge in [-0.2, -0.15) is 9.47 Å². The lowest BCUT2D eigenvalue weighted by Gasteiger charge is -1.96. The molecule has 0 aliphatic heterocycles. The molecule has 6 heteroatoms. The van der Waals surface area contributed by atoms with Crippen LogP contribution in [0, 0.1) is 6.92 Å². The third-order valence-corrected chi connectivity index (χ3v) is 3.13. The predicted molar refractivity (Wildman–Crippen MR) is 75.7 cm³/mol. The minimum absolute atomic E-state index is 0.0528. The van der Waals surface area contributed by atoms with Gasteiger partial charge in [0.25, 0.3) is 0 Å². The van der Waals surface area contributed by atoms with Gasteiger partial charge >= 0.3 is 0 Å². The quantitative estimate of drug-likeness (QED) is 0.499. The molecule has 1 aromatic heterocycles. The summed E-state index contributed by atoms with van der Waals surface area (Å²) in [7, 11) is 0. The molecule has 4 N–H and O–H groups in total. The van der Waals surface area contributed by atoms with Gasteiger partial charge < -0.3 is 11.5 Å². The first kappa shape index (κ1) is 12.3. The average Bonchev–Trinajstić information content (AvgIpc) is 2.76. The fraction of sp³-hybridized carbons (Fsp3) is 0.0833. The molecule has 0 bridgehead atoms. The molecule has 0 saturated carbocycles. The summed E-state index contributed by atoms with van der Waals surface area (Å²) in [5.41, 5.74) is 13.4. The van der Waals surface area contributed by atoms with E-state index in [2.05, 4.69) is 20.6 Å². The van der Waals surface area contributed by atoms with Crippen molar-refractivity contribution in [3.63, 3.8) is 0 Å². The van der Waals surface area contributed by atoms with Crippen molar-refractivity contribution in [1.29, 1.82) is 0 Å². The molecular formula is C12H13N5S. The Morgan fingerprint density at radius 1 is 1.28 bits per heavy atom. The Hall–Kier alpha value is -2.21. The van der Waals surface area contributed by atoms with Crippen LogP contribution in [-0.4, -0.2) is 16.5 Å². The van der Waals surface area contributed by atoms with Crippen LogP contribution in [0.4, 0.5) is 0 Å². The van der Waals surface area contributed by atoms with Crippen LogP contribution in [0.25, 0.3) is 10.4 Å². The highest BCUT2D eigenvalue weighted by atomic mass is 32.1. The first-order valence-corrected chi connectivity index (χ1v) is 6.08. The Bertz CT molecular complexity index is 579. The zero-order chi connectivity index (χ0) is 13.0. The van der Waals surface area contributed by atoms with Gasteiger partial charge in [0.1, 0.15) is 0 Å². The van der Waals surface area contributed by atoms with Crippen molar-refractivity contribution in [2.45, 2.75) is 6.92 Å². The molecule has 0 saturated heterocycles. The Morgan fingerprint density at radius 2 is 2.00 bits per heavy atom. The molecule has 0 amide bonds. The zero-order valence-corrected chi connectivity index (χ0v) is 10.7. The van der Waals surface area contributed by atoms with Crippen molar-refractivity contribution < 1.29 is 0 Å². The highest BCUT2D eigenvalue weighted by Crippen LogP contribution is 2.24. The summed E-state index contributed by atoms with van der Waals surface area (Å²) in [6.07, 6.45) is 1.60. The molecule has 2 aromatic rings. The minimum atomic E-state index is -0.0528. The predicted octanol–water partition coefficient (Wildman–Crippen LogP) is 1.73. The number of nitrogens with two attached hydrogens (primary N) is 2. The minimum Gasteiger partial charge on any atom is -0.369 e. The molecule has 0 aliphatic rings. The molecule has 1 heterocycles. The van der Waals surface area contributed by atoms with E-state index in [4.69, 9.17) is 11.5 Å². The second-order valence-corrected chi connectivity index (χ2v) is 4.53. The maximum absolute atomic E-state index is 5.17. The standard InChI is InChI=1S/C12H13N5S/c1-8-6-11(18-17-8)10-4-2-9(3-5-10)7-15-16-12(13)14/h2-7H,1H3,(H4,13,14,16). The summed E-state index contributed by atoms with van der Waals surface area (Å²) in [4.78, 5) is 1.15. The molecule has 0 fully saturated rings. The maximum Gasteiger partial charge on any atom is 0.211 e. The summed E-state index contributed by atoms with van der Waals surface area (Å²) < 4.78 is 4.25. The van der Waals surface area contributed by atoms with Crippen LogP contribution in [0.1, 0.15) is 11.3 Å². The van der Waals surface area contributed by atoms with Crippen LogP contribution in [0.3, 0.4) is 0 Å². The van der Waals surface area contributed by atoms with Gasteiger partial charge in [-0.3, -0.25) is 0 Å². The Balaban J connectivity index is 2.15. The molecule has 0 spiro atoms. The number of benzene rings is 1. The van der Waals surface area contributed by atoms with Gasteiger partial charge in [0.05, 0.1) is 16.8 Å². The van der Waals surface area contributed by atoms with E-state index < -0.39 is 0 Å². The van der Waals surface area contributed by atoms with Gasteiger partial charge in [-0.25, -0.2) is 0 Å². The number of nitrogens with zero attached hydrogens (tertiary/aromatic N) is 3. The Morgan fingerprint density at radius 3 is 2.56 bits per heavy atom. The number of aryl methyl sites for hydroxylation is 1. The second-order valence-electron chi connectivity index (χ2n) is 3.72. The molecule has 18 heavy (non-hydrogen) atoms. The Kier molecular flexibility index (Phi) is 3.69. The van der Waals surface area contributed by atoms with E-state index in [9.17, 15) is 0 Å². The lowest BCUT2D eigenvalue weighted by molar-refractivity contribution is 1.21. The fourth-order valence-corrected chi connectivity index (χ4v) is 2.16. The second kappa shape index (κ2) is 5.42. The highest BCUT2D eigenvalue weighted by Gasteiger charge is 2.01. The van der Waals surface area contributed by atoms with Crippen LogP contribution >= 0.6 is 11.5 Å². The van der Waals surface area contributed by atoms with Crippen molar-refractivity contribution >= 4 is 23.7 Å². The van der Waals surface area contributed by atoms with Gasteiger partial charge in [0, 0.05) is 0 Å². The summed E-state index contributed by atoms with van der Waals surface area (Å²) in [5.74, 6) is -0.0528. The highest BCUT2D eigenvalue weighted by molar-refractivity contribution is 7.09. The van der Waals surface area contributed by atoms with E-state index in [1.807, 2.05) is 31.2 Å². The third-order valence-electron chi connectivity index (χ3n) is 2.20. The van der Waals surface area contributed by atoms with Gasteiger partial charge in [0.15, 0.2) is 0 Å². The summed E-state index contributed by atoms with van der Waals surface area (Å²) >= 11 is 1.49. The summed E-state index contributed by atoms with van der Waals surface area (Å²) in [6, 6.07) is 10.0. The molecule has 92 valence electrons. The van der Waals surface area contributed by atoms with Crippen LogP contribution in [0.5, 0.6) is 0 Å². The fourth-order valence-electron chi connectivity index (χ4n) is 1.40. The van der Waals surface area contributed by atoms with E-state index in [0.29, 0.717) is 0 Å². The third kappa shape index (κ3) is 3.14. The molecular weight excluding hydrogens is 246 g/mol.